The summed E-state index contributed by atoms with van der Waals surface area (Å²) in [5.74, 6) is 1.29. The molecule has 1 aromatic heterocycles. The topological polar surface area (TPSA) is 67.0 Å². The maximum absolute atomic E-state index is 12.0. The monoisotopic (exact) mass is 309 g/mol. The lowest BCUT2D eigenvalue weighted by Crippen LogP contribution is -2.13. The predicted octanol–water partition coefficient (Wildman–Crippen LogP) is 3.32. The van der Waals surface area contributed by atoms with E-state index in [9.17, 15) is 4.79 Å². The molecule has 0 spiro atoms. The van der Waals surface area contributed by atoms with Crippen LogP contribution >= 0.6 is 0 Å². The second-order valence-corrected chi connectivity index (χ2v) is 5.60. The van der Waals surface area contributed by atoms with E-state index in [-0.39, 0.29) is 11.7 Å². The number of nitrogens with one attached hydrogen (secondary N) is 2. The Morgan fingerprint density at radius 2 is 2.00 bits per heavy atom. The third-order valence-electron chi connectivity index (χ3n) is 3.34. The van der Waals surface area contributed by atoms with Gasteiger partial charge in [-0.15, -0.1) is 0 Å². The molecular formula is C18H19N3O2. The van der Waals surface area contributed by atoms with E-state index in [1.807, 2.05) is 56.3 Å². The molecule has 0 fully saturated rings. The van der Waals surface area contributed by atoms with Crippen molar-refractivity contribution in [2.45, 2.75) is 26.5 Å². The summed E-state index contributed by atoms with van der Waals surface area (Å²) >= 11 is 0. The highest BCUT2D eigenvalue weighted by molar-refractivity contribution is 5.78. The van der Waals surface area contributed by atoms with Crippen LogP contribution in [0.1, 0.15) is 19.4 Å². The smallest absolute Gasteiger partial charge is 0.260 e. The minimum atomic E-state index is -0.144. The Morgan fingerprint density at radius 3 is 2.83 bits per heavy atom. The number of H-pyrrole nitrogens is 1. The molecule has 0 atom stereocenters. The van der Waals surface area contributed by atoms with Crippen LogP contribution in [0.3, 0.4) is 0 Å². The lowest BCUT2D eigenvalue weighted by atomic mass is 10.2. The first-order chi connectivity index (χ1) is 11.1. The number of hydrogen-bond donors (Lipinski definition) is 2. The highest BCUT2D eigenvalue weighted by atomic mass is 16.5. The van der Waals surface area contributed by atoms with E-state index in [2.05, 4.69) is 15.3 Å². The third-order valence-corrected chi connectivity index (χ3v) is 3.34. The van der Waals surface area contributed by atoms with Crippen molar-refractivity contribution in [2.75, 3.05) is 5.32 Å². The number of rotatable bonds is 5. The Morgan fingerprint density at radius 1 is 1.17 bits per heavy atom. The van der Waals surface area contributed by atoms with Gasteiger partial charge in [0, 0.05) is 6.54 Å². The van der Waals surface area contributed by atoms with Crippen LogP contribution in [0.25, 0.3) is 10.9 Å². The van der Waals surface area contributed by atoms with Gasteiger partial charge in [-0.3, -0.25) is 9.78 Å². The van der Waals surface area contributed by atoms with Crippen molar-refractivity contribution in [2.24, 2.45) is 0 Å². The van der Waals surface area contributed by atoms with Gasteiger partial charge in [-0.25, -0.2) is 4.98 Å². The first-order valence-electron chi connectivity index (χ1n) is 7.60. The number of para-hydroxylation sites is 1. The number of aromatic amines is 1. The van der Waals surface area contributed by atoms with E-state index < -0.39 is 0 Å². The van der Waals surface area contributed by atoms with Crippen molar-refractivity contribution in [1.29, 1.82) is 0 Å². The van der Waals surface area contributed by atoms with E-state index in [1.165, 1.54) is 0 Å². The molecule has 0 saturated heterocycles. The molecule has 5 heteroatoms. The molecule has 1 heterocycles. The van der Waals surface area contributed by atoms with Gasteiger partial charge >= 0.3 is 0 Å². The van der Waals surface area contributed by atoms with Gasteiger partial charge in [0.25, 0.3) is 5.56 Å². The average molecular weight is 309 g/mol. The zero-order chi connectivity index (χ0) is 16.2. The molecule has 0 amide bonds. The normalized spacial score (nSPS) is 10.9. The molecule has 118 valence electrons. The summed E-state index contributed by atoms with van der Waals surface area (Å²) in [7, 11) is 0. The summed E-state index contributed by atoms with van der Waals surface area (Å²) in [5.41, 5.74) is 1.59. The molecule has 3 rings (SSSR count). The second-order valence-electron chi connectivity index (χ2n) is 5.60. The molecule has 0 unspecified atom stereocenters. The lowest BCUT2D eigenvalue weighted by Gasteiger charge is -2.11. The molecule has 0 aliphatic carbocycles. The minimum Gasteiger partial charge on any atom is -0.491 e. The van der Waals surface area contributed by atoms with Crippen LogP contribution in [-0.4, -0.2) is 16.1 Å². The summed E-state index contributed by atoms with van der Waals surface area (Å²) < 4.78 is 5.68. The van der Waals surface area contributed by atoms with Crippen molar-refractivity contribution in [1.82, 2.24) is 9.97 Å². The maximum atomic E-state index is 12.0. The standard InChI is InChI=1S/C18H19N3O2/c1-12(2)23-14-7-5-6-13(10-14)11-19-18-20-16-9-4-3-8-15(16)17(22)21-18/h3-10,12H,11H2,1-2H3,(H2,19,20,21,22). The number of nitrogens with zero attached hydrogens (tertiary/aromatic N) is 1. The van der Waals surface area contributed by atoms with Crippen LogP contribution in [0.4, 0.5) is 5.95 Å². The van der Waals surface area contributed by atoms with Gasteiger partial charge in [0.1, 0.15) is 5.75 Å². The number of hydrogen-bond acceptors (Lipinski definition) is 4. The molecule has 0 aliphatic rings. The zero-order valence-corrected chi connectivity index (χ0v) is 13.2. The number of aromatic nitrogens is 2. The Hall–Kier alpha value is -2.82. The summed E-state index contributed by atoms with van der Waals surface area (Å²) in [6.07, 6.45) is 0.136. The molecule has 3 aromatic rings. The summed E-state index contributed by atoms with van der Waals surface area (Å²) in [4.78, 5) is 19.2. The van der Waals surface area contributed by atoms with Gasteiger partial charge < -0.3 is 10.1 Å². The lowest BCUT2D eigenvalue weighted by molar-refractivity contribution is 0.242. The highest BCUT2D eigenvalue weighted by Gasteiger charge is 2.04. The Labute approximate surface area is 134 Å². The fourth-order valence-electron chi connectivity index (χ4n) is 2.36. The van der Waals surface area contributed by atoms with Crippen LogP contribution in [0.2, 0.25) is 0 Å². The first kappa shape index (κ1) is 15.1. The van der Waals surface area contributed by atoms with Crippen LogP contribution in [0, 0.1) is 0 Å². The van der Waals surface area contributed by atoms with Crippen molar-refractivity contribution >= 4 is 16.9 Å². The SMILES string of the molecule is CC(C)Oc1cccc(CNc2nc3ccccc3c(=O)[nH]2)c1. The van der Waals surface area contributed by atoms with Gasteiger partial charge in [-0.05, 0) is 43.7 Å². The maximum Gasteiger partial charge on any atom is 0.260 e. The van der Waals surface area contributed by atoms with E-state index in [4.69, 9.17) is 4.74 Å². The van der Waals surface area contributed by atoms with Crippen molar-refractivity contribution in [3.05, 3.63) is 64.4 Å². The minimum absolute atomic E-state index is 0.136. The number of fused-ring (bicyclic) bond motifs is 1. The van der Waals surface area contributed by atoms with Crippen molar-refractivity contribution in [3.63, 3.8) is 0 Å². The molecule has 0 radical (unpaired) electrons. The second kappa shape index (κ2) is 6.52. The molecule has 5 nitrogen and oxygen atoms in total. The Kier molecular flexibility index (Phi) is 4.28. The third kappa shape index (κ3) is 3.69. The van der Waals surface area contributed by atoms with Gasteiger partial charge in [0.2, 0.25) is 5.95 Å². The van der Waals surface area contributed by atoms with Crippen LogP contribution in [0.5, 0.6) is 5.75 Å². The van der Waals surface area contributed by atoms with Crippen LogP contribution < -0.4 is 15.6 Å². The largest absolute Gasteiger partial charge is 0.491 e. The Balaban J connectivity index is 1.77. The van der Waals surface area contributed by atoms with Crippen LogP contribution in [0.15, 0.2) is 53.3 Å². The van der Waals surface area contributed by atoms with E-state index in [1.54, 1.807) is 6.07 Å². The number of ether oxygens (including phenoxy) is 1. The number of anilines is 1. The predicted molar refractivity (Wildman–Crippen MR) is 91.9 cm³/mol. The van der Waals surface area contributed by atoms with Crippen molar-refractivity contribution in [3.8, 4) is 5.75 Å². The fraction of sp³-hybridized carbons (Fsp3) is 0.222. The van der Waals surface area contributed by atoms with E-state index >= 15 is 0 Å². The molecular weight excluding hydrogens is 290 g/mol. The summed E-state index contributed by atoms with van der Waals surface area (Å²) in [6, 6.07) is 15.1. The average Bonchev–Trinajstić information content (AvgIpc) is 2.53. The molecule has 0 saturated carbocycles. The summed E-state index contributed by atoms with van der Waals surface area (Å²) in [6.45, 7) is 4.54. The first-order valence-corrected chi connectivity index (χ1v) is 7.60. The van der Waals surface area contributed by atoms with Gasteiger partial charge in [0.15, 0.2) is 0 Å². The van der Waals surface area contributed by atoms with Gasteiger partial charge in [-0.2, -0.15) is 0 Å². The molecule has 2 aromatic carbocycles. The Bertz CT molecular complexity index is 871. The molecule has 2 N–H and O–H groups in total. The molecule has 0 bridgehead atoms. The highest BCUT2D eigenvalue weighted by Crippen LogP contribution is 2.16. The number of benzene rings is 2. The molecule has 23 heavy (non-hydrogen) atoms. The van der Waals surface area contributed by atoms with Gasteiger partial charge in [-0.1, -0.05) is 24.3 Å². The van der Waals surface area contributed by atoms with E-state index in [0.29, 0.717) is 23.4 Å². The zero-order valence-electron chi connectivity index (χ0n) is 13.2. The fourth-order valence-corrected chi connectivity index (χ4v) is 2.36. The summed E-state index contributed by atoms with van der Waals surface area (Å²) in [5, 5.41) is 3.74. The van der Waals surface area contributed by atoms with E-state index in [0.717, 1.165) is 11.3 Å². The quantitative estimate of drug-likeness (QED) is 0.758. The van der Waals surface area contributed by atoms with Gasteiger partial charge in [0.05, 0.1) is 17.0 Å². The van der Waals surface area contributed by atoms with Crippen LogP contribution in [-0.2, 0) is 6.54 Å². The molecule has 0 aliphatic heterocycles. The van der Waals surface area contributed by atoms with Crippen molar-refractivity contribution < 1.29 is 4.74 Å².